The van der Waals surface area contributed by atoms with Crippen LogP contribution in [0.2, 0.25) is 0 Å². The summed E-state index contributed by atoms with van der Waals surface area (Å²) in [6.45, 7) is 1.94. The van der Waals surface area contributed by atoms with Crippen LogP contribution in [-0.4, -0.2) is 11.9 Å². The molecule has 0 amide bonds. The van der Waals surface area contributed by atoms with Gasteiger partial charge in [0.15, 0.2) is 0 Å². The number of cyclic esters (lactones) is 2. The zero-order valence-corrected chi connectivity index (χ0v) is 8.32. The van der Waals surface area contributed by atoms with Crippen molar-refractivity contribution in [1.29, 1.82) is 0 Å². The number of carbonyl (C=O) groups is 2. The second-order valence-corrected chi connectivity index (χ2v) is 3.33. The second-order valence-electron chi connectivity index (χ2n) is 3.33. The molecule has 1 heterocycles. The van der Waals surface area contributed by atoms with Gasteiger partial charge in [0, 0.05) is 0 Å². The van der Waals surface area contributed by atoms with E-state index in [1.807, 2.05) is 25.1 Å². The number of allylic oxidation sites excluding steroid dienone is 2. The Hall–Kier alpha value is -1.90. The summed E-state index contributed by atoms with van der Waals surface area (Å²) in [6.07, 6.45) is 4.69. The van der Waals surface area contributed by atoms with Gasteiger partial charge in [-0.2, -0.15) is 0 Å². The largest absolute Gasteiger partial charge is 0.386 e. The smallest absolute Gasteiger partial charge is 0.346 e. The predicted molar refractivity (Wildman–Crippen MR) is 54.7 cm³/mol. The molecule has 0 N–H and O–H groups in total. The molecule has 0 saturated carbocycles. The highest BCUT2D eigenvalue weighted by Crippen LogP contribution is 2.21. The Morgan fingerprint density at radius 1 is 1.20 bits per heavy atom. The maximum Gasteiger partial charge on any atom is 0.346 e. The molecular weight excluding hydrogens is 192 g/mol. The van der Waals surface area contributed by atoms with Gasteiger partial charge in [0.05, 0.1) is 11.1 Å². The summed E-state index contributed by atoms with van der Waals surface area (Å²) in [5.41, 5.74) is 1.74. The zero-order chi connectivity index (χ0) is 10.8. The van der Waals surface area contributed by atoms with Crippen LogP contribution in [0.25, 0.3) is 0 Å². The Bertz CT molecular complexity index is 458. The van der Waals surface area contributed by atoms with Gasteiger partial charge in [-0.1, -0.05) is 18.2 Å². The average molecular weight is 202 g/mol. The van der Waals surface area contributed by atoms with Crippen LogP contribution in [0.3, 0.4) is 0 Å². The Kier molecular flexibility index (Phi) is 2.37. The molecule has 1 aromatic carbocycles. The third-order valence-corrected chi connectivity index (χ3v) is 2.30. The highest BCUT2D eigenvalue weighted by molar-refractivity contribution is 6.14. The van der Waals surface area contributed by atoms with E-state index in [1.54, 1.807) is 12.1 Å². The molecule has 0 bridgehead atoms. The lowest BCUT2D eigenvalue weighted by molar-refractivity contribution is 0.0444. The standard InChI is InChI=1S/C12H10O3/c1-2-3-4-8-5-6-9-10(7-8)12(14)15-11(9)13/h2-3,5-7H,4H2,1H3. The summed E-state index contributed by atoms with van der Waals surface area (Å²) < 4.78 is 4.50. The van der Waals surface area contributed by atoms with Crippen LogP contribution in [0.15, 0.2) is 30.4 Å². The molecule has 0 saturated heterocycles. The molecule has 0 radical (unpaired) electrons. The van der Waals surface area contributed by atoms with Crippen molar-refractivity contribution in [1.82, 2.24) is 0 Å². The lowest BCUT2D eigenvalue weighted by Gasteiger charge is -1.97. The van der Waals surface area contributed by atoms with Gasteiger partial charge in [-0.05, 0) is 31.0 Å². The van der Waals surface area contributed by atoms with E-state index in [-0.39, 0.29) is 0 Å². The predicted octanol–water partition coefficient (Wildman–Crippen LogP) is 2.12. The fourth-order valence-corrected chi connectivity index (χ4v) is 1.51. The first-order valence-electron chi connectivity index (χ1n) is 4.73. The molecule has 1 aliphatic rings. The molecule has 2 rings (SSSR count). The molecule has 0 aliphatic carbocycles. The van der Waals surface area contributed by atoms with Crippen molar-refractivity contribution >= 4 is 11.9 Å². The van der Waals surface area contributed by atoms with Crippen LogP contribution in [0, 0.1) is 0 Å². The van der Waals surface area contributed by atoms with Gasteiger partial charge in [-0.3, -0.25) is 0 Å². The fourth-order valence-electron chi connectivity index (χ4n) is 1.51. The number of carbonyl (C=O) groups excluding carboxylic acids is 2. The molecule has 0 spiro atoms. The van der Waals surface area contributed by atoms with E-state index in [1.165, 1.54) is 0 Å². The molecule has 1 aliphatic heterocycles. The summed E-state index contributed by atoms with van der Waals surface area (Å²) in [4.78, 5) is 22.4. The van der Waals surface area contributed by atoms with Crippen molar-refractivity contribution < 1.29 is 14.3 Å². The van der Waals surface area contributed by atoms with E-state index in [9.17, 15) is 9.59 Å². The summed E-state index contributed by atoms with van der Waals surface area (Å²) in [5, 5.41) is 0. The quantitative estimate of drug-likeness (QED) is 0.419. The Morgan fingerprint density at radius 2 is 1.93 bits per heavy atom. The minimum atomic E-state index is -0.549. The molecule has 0 atom stereocenters. The minimum Gasteiger partial charge on any atom is -0.386 e. The minimum absolute atomic E-state index is 0.365. The van der Waals surface area contributed by atoms with Crippen molar-refractivity contribution in [3.05, 3.63) is 47.0 Å². The van der Waals surface area contributed by atoms with E-state index in [0.717, 1.165) is 12.0 Å². The van der Waals surface area contributed by atoms with Crippen LogP contribution in [0.1, 0.15) is 33.2 Å². The summed E-state index contributed by atoms with van der Waals surface area (Å²) >= 11 is 0. The number of hydrogen-bond acceptors (Lipinski definition) is 3. The first-order chi connectivity index (χ1) is 7.22. The van der Waals surface area contributed by atoms with Crippen LogP contribution in [0.5, 0.6) is 0 Å². The summed E-state index contributed by atoms with van der Waals surface area (Å²) in [5.74, 6) is -1.09. The number of rotatable bonds is 2. The second kappa shape index (κ2) is 3.69. The van der Waals surface area contributed by atoms with Gasteiger partial charge in [0.1, 0.15) is 0 Å². The SMILES string of the molecule is CC=CCc1ccc2c(c1)C(=O)OC2=O. The number of hydrogen-bond donors (Lipinski definition) is 0. The Morgan fingerprint density at radius 3 is 2.67 bits per heavy atom. The van der Waals surface area contributed by atoms with Gasteiger partial charge < -0.3 is 4.74 Å². The van der Waals surface area contributed by atoms with Gasteiger partial charge in [0.25, 0.3) is 0 Å². The van der Waals surface area contributed by atoms with E-state index < -0.39 is 11.9 Å². The number of fused-ring (bicyclic) bond motifs is 1. The molecule has 0 unspecified atom stereocenters. The van der Waals surface area contributed by atoms with Crippen molar-refractivity contribution in [3.8, 4) is 0 Å². The van der Waals surface area contributed by atoms with E-state index in [2.05, 4.69) is 4.74 Å². The fraction of sp³-hybridized carbons (Fsp3) is 0.167. The molecule has 0 fully saturated rings. The van der Waals surface area contributed by atoms with Crippen molar-refractivity contribution in [2.45, 2.75) is 13.3 Å². The van der Waals surface area contributed by atoms with Crippen LogP contribution in [0.4, 0.5) is 0 Å². The van der Waals surface area contributed by atoms with Crippen LogP contribution >= 0.6 is 0 Å². The maximum atomic E-state index is 11.2. The first-order valence-corrected chi connectivity index (χ1v) is 4.73. The molecule has 1 aromatic rings. The van der Waals surface area contributed by atoms with Crippen LogP contribution < -0.4 is 0 Å². The summed E-state index contributed by atoms with van der Waals surface area (Å²) in [6, 6.07) is 5.18. The molecule has 15 heavy (non-hydrogen) atoms. The Balaban J connectivity index is 2.38. The van der Waals surface area contributed by atoms with Crippen LogP contribution in [-0.2, 0) is 11.2 Å². The van der Waals surface area contributed by atoms with Crippen molar-refractivity contribution in [2.24, 2.45) is 0 Å². The van der Waals surface area contributed by atoms with E-state index >= 15 is 0 Å². The molecule has 76 valence electrons. The average Bonchev–Trinajstić information content (AvgIpc) is 2.52. The third-order valence-electron chi connectivity index (χ3n) is 2.30. The highest BCUT2D eigenvalue weighted by atomic mass is 16.6. The van der Waals surface area contributed by atoms with Gasteiger partial charge in [-0.15, -0.1) is 0 Å². The molecular formula is C12H10O3. The van der Waals surface area contributed by atoms with Crippen molar-refractivity contribution in [2.75, 3.05) is 0 Å². The lowest BCUT2D eigenvalue weighted by atomic mass is 10.0. The van der Waals surface area contributed by atoms with Gasteiger partial charge >= 0.3 is 11.9 Å². The molecule has 3 heteroatoms. The van der Waals surface area contributed by atoms with Gasteiger partial charge in [0.2, 0.25) is 0 Å². The van der Waals surface area contributed by atoms with E-state index in [4.69, 9.17) is 0 Å². The lowest BCUT2D eigenvalue weighted by Crippen LogP contribution is -1.96. The maximum absolute atomic E-state index is 11.2. The third kappa shape index (κ3) is 1.68. The van der Waals surface area contributed by atoms with Gasteiger partial charge in [-0.25, -0.2) is 9.59 Å². The zero-order valence-electron chi connectivity index (χ0n) is 8.32. The summed E-state index contributed by atoms with van der Waals surface area (Å²) in [7, 11) is 0. The number of esters is 2. The number of ether oxygens (including phenoxy) is 1. The molecule has 3 nitrogen and oxygen atoms in total. The van der Waals surface area contributed by atoms with Crippen molar-refractivity contribution in [3.63, 3.8) is 0 Å². The first kappa shape index (κ1) is 9.65. The molecule has 0 aromatic heterocycles. The highest BCUT2D eigenvalue weighted by Gasteiger charge is 2.29. The monoisotopic (exact) mass is 202 g/mol. The normalized spacial score (nSPS) is 14.5. The Labute approximate surface area is 87.4 Å². The topological polar surface area (TPSA) is 43.4 Å². The number of benzene rings is 1. The van der Waals surface area contributed by atoms with E-state index in [0.29, 0.717) is 11.1 Å².